The first-order chi connectivity index (χ1) is 4.92. The molecule has 0 unspecified atom stereocenters. The van der Waals surface area contributed by atoms with Gasteiger partial charge >= 0.3 is 5.97 Å². The van der Waals surface area contributed by atoms with Crippen LogP contribution < -0.4 is 5.73 Å². The molecular weight excluding hydrogens is 156 g/mol. The van der Waals surface area contributed by atoms with Crippen LogP contribution in [0.2, 0.25) is 0 Å². The summed E-state index contributed by atoms with van der Waals surface area (Å²) in [6.07, 6.45) is -1.13. The molecule has 1 saturated carbocycles. The number of carbonyl (C=O) groups is 1. The molecule has 3 N–H and O–H groups in total. The summed E-state index contributed by atoms with van der Waals surface area (Å²) in [7, 11) is 0. The van der Waals surface area contributed by atoms with Crippen LogP contribution in [0.5, 0.6) is 0 Å². The van der Waals surface area contributed by atoms with Crippen LogP contribution in [0.25, 0.3) is 0 Å². The Kier molecular flexibility index (Phi) is 1.83. The van der Waals surface area contributed by atoms with Gasteiger partial charge in [-0.05, 0) is 0 Å². The number of halogens is 2. The average Bonchev–Trinajstić information content (AvgIpc) is 2.05. The van der Waals surface area contributed by atoms with Crippen molar-refractivity contribution in [3.63, 3.8) is 0 Å². The maximum atomic E-state index is 12.5. The van der Waals surface area contributed by atoms with Gasteiger partial charge < -0.3 is 10.8 Å². The van der Waals surface area contributed by atoms with Gasteiger partial charge in [-0.15, -0.1) is 0 Å². The van der Waals surface area contributed by atoms with Gasteiger partial charge in [0.2, 0.25) is 0 Å². The van der Waals surface area contributed by atoms with E-state index in [4.69, 9.17) is 10.8 Å². The quantitative estimate of drug-likeness (QED) is 0.592. The Balaban J connectivity index is 2.66. The predicted octanol–water partition coefficient (Wildman–Crippen LogP) is 0.444. The van der Waals surface area contributed by atoms with Crippen molar-refractivity contribution in [3.05, 3.63) is 0 Å². The van der Waals surface area contributed by atoms with Crippen molar-refractivity contribution < 1.29 is 18.7 Å². The summed E-state index contributed by atoms with van der Waals surface area (Å²) in [5, 5.41) is 8.40. The Labute approximate surface area is 62.2 Å². The lowest BCUT2D eigenvalue weighted by Crippen LogP contribution is -2.30. The highest BCUT2D eigenvalue weighted by molar-refractivity contribution is 5.71. The van der Waals surface area contributed by atoms with E-state index in [1.165, 1.54) is 0 Å². The highest BCUT2D eigenvalue weighted by Crippen LogP contribution is 2.38. The Morgan fingerprint density at radius 2 is 2.09 bits per heavy atom. The third-order valence-corrected chi connectivity index (χ3v) is 1.89. The van der Waals surface area contributed by atoms with Gasteiger partial charge in [0.15, 0.2) is 0 Å². The van der Waals surface area contributed by atoms with E-state index < -0.39 is 36.7 Å². The molecule has 1 fully saturated rings. The second-order valence-corrected chi connectivity index (χ2v) is 2.87. The number of carboxylic acids is 1. The summed E-state index contributed by atoms with van der Waals surface area (Å²) in [4.78, 5) is 10.3. The molecule has 0 aliphatic heterocycles. The van der Waals surface area contributed by atoms with Gasteiger partial charge in [0.25, 0.3) is 5.92 Å². The number of hydrogen-bond donors (Lipinski definition) is 2. The van der Waals surface area contributed by atoms with E-state index in [0.29, 0.717) is 0 Å². The molecule has 1 aliphatic carbocycles. The van der Waals surface area contributed by atoms with Gasteiger partial charge in [0, 0.05) is 18.9 Å². The molecule has 5 heteroatoms. The fraction of sp³-hybridized carbons (Fsp3) is 0.833. The molecule has 0 saturated heterocycles. The minimum absolute atomic E-state index is 0.510. The second-order valence-electron chi connectivity index (χ2n) is 2.87. The lowest BCUT2D eigenvalue weighted by molar-refractivity contribution is -0.142. The zero-order valence-corrected chi connectivity index (χ0v) is 5.76. The number of nitrogens with two attached hydrogens (primary N) is 1. The highest BCUT2D eigenvalue weighted by Gasteiger charge is 2.47. The predicted molar refractivity (Wildman–Crippen MR) is 33.3 cm³/mol. The number of hydrogen-bond acceptors (Lipinski definition) is 2. The molecule has 0 aromatic heterocycles. The van der Waals surface area contributed by atoms with Gasteiger partial charge in [-0.3, -0.25) is 4.79 Å². The number of carboxylic acid groups (broad SMARTS) is 1. The van der Waals surface area contributed by atoms with E-state index in [1.54, 1.807) is 0 Å². The van der Waals surface area contributed by atoms with Gasteiger partial charge in [-0.1, -0.05) is 0 Å². The molecule has 1 rings (SSSR count). The standard InChI is InChI=1S/C6H9F2NO2/c7-6(8)1-3(5(10)11)4(9)2-6/h3-4H,1-2,9H2,(H,10,11)/t3-,4-/m1/s1. The van der Waals surface area contributed by atoms with Crippen LogP contribution in [0.3, 0.4) is 0 Å². The number of aliphatic carboxylic acids is 1. The highest BCUT2D eigenvalue weighted by atomic mass is 19.3. The monoisotopic (exact) mass is 165 g/mol. The van der Waals surface area contributed by atoms with Crippen LogP contribution >= 0.6 is 0 Å². The molecule has 0 amide bonds. The summed E-state index contributed by atoms with van der Waals surface area (Å²) >= 11 is 0. The second kappa shape index (κ2) is 2.41. The van der Waals surface area contributed by atoms with Crippen LogP contribution in [0.1, 0.15) is 12.8 Å². The lowest BCUT2D eigenvalue weighted by atomic mass is 10.1. The zero-order chi connectivity index (χ0) is 8.65. The van der Waals surface area contributed by atoms with Gasteiger partial charge in [0.05, 0.1) is 5.92 Å². The van der Waals surface area contributed by atoms with Crippen LogP contribution in [0.15, 0.2) is 0 Å². The maximum absolute atomic E-state index is 12.5. The molecular formula is C6H9F2NO2. The summed E-state index contributed by atoms with van der Waals surface area (Å²) in [6.45, 7) is 0. The van der Waals surface area contributed by atoms with Crippen molar-refractivity contribution in [2.75, 3.05) is 0 Å². The van der Waals surface area contributed by atoms with Crippen molar-refractivity contribution in [2.24, 2.45) is 11.7 Å². The van der Waals surface area contributed by atoms with Crippen molar-refractivity contribution in [1.82, 2.24) is 0 Å². The number of alkyl halides is 2. The molecule has 2 atom stereocenters. The van der Waals surface area contributed by atoms with Crippen molar-refractivity contribution in [1.29, 1.82) is 0 Å². The SMILES string of the molecule is N[C@@H]1CC(F)(F)C[C@H]1C(=O)O. The Morgan fingerprint density at radius 1 is 1.55 bits per heavy atom. The number of rotatable bonds is 1. The van der Waals surface area contributed by atoms with Crippen LogP contribution in [0.4, 0.5) is 8.78 Å². The van der Waals surface area contributed by atoms with Gasteiger partial charge in [0.1, 0.15) is 0 Å². The molecule has 11 heavy (non-hydrogen) atoms. The third-order valence-electron chi connectivity index (χ3n) is 1.89. The third kappa shape index (κ3) is 1.65. The van der Waals surface area contributed by atoms with Crippen LogP contribution in [-0.2, 0) is 4.79 Å². The fourth-order valence-electron chi connectivity index (χ4n) is 1.31. The van der Waals surface area contributed by atoms with Gasteiger partial charge in [-0.2, -0.15) is 0 Å². The lowest BCUT2D eigenvalue weighted by Gasteiger charge is -2.06. The molecule has 64 valence electrons. The first-order valence-corrected chi connectivity index (χ1v) is 3.28. The average molecular weight is 165 g/mol. The first kappa shape index (κ1) is 8.39. The van der Waals surface area contributed by atoms with Crippen molar-refractivity contribution in [2.45, 2.75) is 24.8 Å². The molecule has 0 spiro atoms. The summed E-state index contributed by atoms with van der Waals surface area (Å²) < 4.78 is 24.9. The molecule has 0 aromatic carbocycles. The minimum atomic E-state index is -2.89. The van der Waals surface area contributed by atoms with Crippen molar-refractivity contribution in [3.8, 4) is 0 Å². The van der Waals surface area contributed by atoms with E-state index in [2.05, 4.69) is 0 Å². The van der Waals surface area contributed by atoms with Crippen LogP contribution in [-0.4, -0.2) is 23.0 Å². The normalized spacial score (nSPS) is 35.5. The van der Waals surface area contributed by atoms with Crippen molar-refractivity contribution >= 4 is 5.97 Å². The summed E-state index contributed by atoms with van der Waals surface area (Å²) in [5.41, 5.74) is 5.19. The minimum Gasteiger partial charge on any atom is -0.481 e. The fourth-order valence-corrected chi connectivity index (χ4v) is 1.31. The molecule has 0 aromatic rings. The van der Waals surface area contributed by atoms with E-state index in [0.717, 1.165) is 0 Å². The largest absolute Gasteiger partial charge is 0.481 e. The van der Waals surface area contributed by atoms with E-state index in [1.807, 2.05) is 0 Å². The van der Waals surface area contributed by atoms with E-state index >= 15 is 0 Å². The molecule has 3 nitrogen and oxygen atoms in total. The van der Waals surface area contributed by atoms with E-state index in [9.17, 15) is 13.6 Å². The zero-order valence-electron chi connectivity index (χ0n) is 5.76. The summed E-state index contributed by atoms with van der Waals surface area (Å²) in [5.74, 6) is -5.19. The van der Waals surface area contributed by atoms with E-state index in [-0.39, 0.29) is 0 Å². The molecule has 0 heterocycles. The smallest absolute Gasteiger partial charge is 0.308 e. The Morgan fingerprint density at radius 3 is 2.27 bits per heavy atom. The van der Waals surface area contributed by atoms with Crippen LogP contribution in [0, 0.1) is 5.92 Å². The maximum Gasteiger partial charge on any atom is 0.308 e. The summed E-state index contributed by atoms with van der Waals surface area (Å²) in [6, 6.07) is -0.900. The Hall–Kier alpha value is -0.710. The first-order valence-electron chi connectivity index (χ1n) is 3.28. The van der Waals surface area contributed by atoms with Gasteiger partial charge in [-0.25, -0.2) is 8.78 Å². The topological polar surface area (TPSA) is 63.3 Å². The Bertz CT molecular complexity index is 183. The molecule has 1 aliphatic rings. The molecule has 0 radical (unpaired) electrons. The molecule has 0 bridgehead atoms.